The van der Waals surface area contributed by atoms with Gasteiger partial charge in [-0.1, -0.05) is 0 Å². The first-order valence-corrected chi connectivity index (χ1v) is 6.47. The summed E-state index contributed by atoms with van der Waals surface area (Å²) in [6, 6.07) is 0.707. The first kappa shape index (κ1) is 9.81. The average molecular weight is 201 g/mol. The van der Waals surface area contributed by atoms with Crippen LogP contribution in [0.3, 0.4) is 0 Å². The van der Waals surface area contributed by atoms with Crippen LogP contribution < -0.4 is 0 Å². The fourth-order valence-electron chi connectivity index (χ4n) is 2.30. The predicted octanol–water partition coefficient (Wildman–Crippen LogP) is 1.60. The van der Waals surface area contributed by atoms with E-state index in [1.165, 1.54) is 37.4 Å². The molecule has 2 rings (SSSR count). The molecule has 0 bridgehead atoms. The Morgan fingerprint density at radius 3 is 3.00 bits per heavy atom. The molecule has 2 nitrogen and oxygen atoms in total. The Morgan fingerprint density at radius 1 is 1.31 bits per heavy atom. The van der Waals surface area contributed by atoms with Gasteiger partial charge in [-0.15, -0.1) is 0 Å². The molecule has 2 unspecified atom stereocenters. The van der Waals surface area contributed by atoms with E-state index in [9.17, 15) is 0 Å². The zero-order chi connectivity index (χ0) is 9.10. The van der Waals surface area contributed by atoms with Crippen LogP contribution in [0.5, 0.6) is 0 Å². The van der Waals surface area contributed by atoms with Crippen LogP contribution in [0.15, 0.2) is 0 Å². The number of rotatable bonds is 1. The van der Waals surface area contributed by atoms with Crippen LogP contribution in [0.25, 0.3) is 0 Å². The second-order valence-corrected chi connectivity index (χ2v) is 5.16. The molecule has 2 aliphatic heterocycles. The maximum atomic E-state index is 5.61. The summed E-state index contributed by atoms with van der Waals surface area (Å²) in [6.45, 7) is 5.74. The Hall–Kier alpha value is 0.270. The molecule has 2 aliphatic rings. The topological polar surface area (TPSA) is 12.5 Å². The van der Waals surface area contributed by atoms with E-state index in [1.807, 2.05) is 0 Å². The number of ether oxygens (including phenoxy) is 1. The van der Waals surface area contributed by atoms with Crippen molar-refractivity contribution in [2.24, 2.45) is 0 Å². The second kappa shape index (κ2) is 4.67. The molecular weight excluding hydrogens is 182 g/mol. The minimum atomic E-state index is 0.461. The van der Waals surface area contributed by atoms with Gasteiger partial charge in [-0.25, -0.2) is 0 Å². The fourth-order valence-corrected chi connectivity index (χ4v) is 3.20. The smallest absolute Gasteiger partial charge is 0.0703 e. The molecule has 0 aromatic rings. The van der Waals surface area contributed by atoms with Crippen LogP contribution in [0.4, 0.5) is 0 Å². The quantitative estimate of drug-likeness (QED) is 0.639. The van der Waals surface area contributed by atoms with Crippen LogP contribution in [-0.4, -0.2) is 48.2 Å². The van der Waals surface area contributed by atoms with Crippen LogP contribution in [-0.2, 0) is 4.74 Å². The molecule has 0 aromatic carbocycles. The van der Waals surface area contributed by atoms with Crippen molar-refractivity contribution < 1.29 is 4.74 Å². The van der Waals surface area contributed by atoms with E-state index in [-0.39, 0.29) is 0 Å². The number of nitrogens with zero attached hydrogens (tertiary/aromatic N) is 1. The standard InChI is InChI=1S/C10H19NOS/c1-9-10(3-6-12-9)11-4-2-7-13-8-5-11/h9-10H,2-8H2,1H3. The lowest BCUT2D eigenvalue weighted by Gasteiger charge is -2.28. The lowest BCUT2D eigenvalue weighted by molar-refractivity contribution is 0.0771. The Morgan fingerprint density at radius 2 is 2.23 bits per heavy atom. The van der Waals surface area contributed by atoms with Crippen LogP contribution in [0.1, 0.15) is 19.8 Å². The van der Waals surface area contributed by atoms with E-state index in [0.717, 1.165) is 6.61 Å². The molecule has 0 aromatic heterocycles. The van der Waals surface area contributed by atoms with E-state index >= 15 is 0 Å². The Bertz CT molecular complexity index is 157. The first-order chi connectivity index (χ1) is 6.38. The molecule has 0 spiro atoms. The van der Waals surface area contributed by atoms with Crippen molar-refractivity contribution in [1.29, 1.82) is 0 Å². The summed E-state index contributed by atoms with van der Waals surface area (Å²) in [7, 11) is 0. The SMILES string of the molecule is CC1OCCC1N1CCCSCC1. The van der Waals surface area contributed by atoms with Gasteiger partial charge in [0, 0.05) is 24.9 Å². The fraction of sp³-hybridized carbons (Fsp3) is 1.00. The van der Waals surface area contributed by atoms with Gasteiger partial charge in [0.2, 0.25) is 0 Å². The summed E-state index contributed by atoms with van der Waals surface area (Å²) in [5.74, 6) is 2.65. The van der Waals surface area contributed by atoms with Crippen molar-refractivity contribution in [3.63, 3.8) is 0 Å². The molecule has 0 radical (unpaired) electrons. The molecule has 2 saturated heterocycles. The van der Waals surface area contributed by atoms with Gasteiger partial charge in [0.15, 0.2) is 0 Å². The summed E-state index contributed by atoms with van der Waals surface area (Å²) in [5.41, 5.74) is 0. The van der Waals surface area contributed by atoms with Gasteiger partial charge in [-0.05, 0) is 32.1 Å². The van der Waals surface area contributed by atoms with Gasteiger partial charge in [-0.2, -0.15) is 11.8 Å². The zero-order valence-corrected chi connectivity index (χ0v) is 9.18. The zero-order valence-electron chi connectivity index (χ0n) is 8.37. The van der Waals surface area contributed by atoms with E-state index in [0.29, 0.717) is 12.1 Å². The van der Waals surface area contributed by atoms with Gasteiger partial charge in [0.05, 0.1) is 6.10 Å². The number of hydrogen-bond donors (Lipinski definition) is 0. The van der Waals surface area contributed by atoms with E-state index in [4.69, 9.17) is 4.74 Å². The maximum absolute atomic E-state index is 5.61. The molecule has 0 aliphatic carbocycles. The van der Waals surface area contributed by atoms with Crippen molar-refractivity contribution in [2.45, 2.75) is 31.9 Å². The Balaban J connectivity index is 1.89. The molecule has 0 amide bonds. The number of thioether (sulfide) groups is 1. The normalized spacial score (nSPS) is 37.6. The van der Waals surface area contributed by atoms with E-state index < -0.39 is 0 Å². The minimum absolute atomic E-state index is 0.461. The van der Waals surface area contributed by atoms with E-state index in [2.05, 4.69) is 23.6 Å². The molecule has 2 heterocycles. The molecule has 76 valence electrons. The summed E-state index contributed by atoms with van der Waals surface area (Å²) in [5, 5.41) is 0. The lowest BCUT2D eigenvalue weighted by Crippen LogP contribution is -2.40. The van der Waals surface area contributed by atoms with Gasteiger partial charge in [-0.3, -0.25) is 4.90 Å². The lowest BCUT2D eigenvalue weighted by atomic mass is 10.1. The Kier molecular flexibility index (Phi) is 3.52. The molecule has 2 fully saturated rings. The van der Waals surface area contributed by atoms with Gasteiger partial charge in [0.25, 0.3) is 0 Å². The largest absolute Gasteiger partial charge is 0.377 e. The van der Waals surface area contributed by atoms with Crippen molar-refractivity contribution in [3.05, 3.63) is 0 Å². The third-order valence-corrected chi connectivity index (χ3v) is 4.11. The van der Waals surface area contributed by atoms with Gasteiger partial charge >= 0.3 is 0 Å². The molecule has 0 saturated carbocycles. The highest BCUT2D eigenvalue weighted by Gasteiger charge is 2.29. The third kappa shape index (κ3) is 2.39. The summed E-state index contributed by atoms with van der Waals surface area (Å²) >= 11 is 2.10. The average Bonchev–Trinajstić information content (AvgIpc) is 2.43. The van der Waals surface area contributed by atoms with Crippen molar-refractivity contribution in [3.8, 4) is 0 Å². The highest BCUT2D eigenvalue weighted by molar-refractivity contribution is 7.99. The Labute approximate surface area is 85.0 Å². The molecule has 0 N–H and O–H groups in total. The molecular formula is C10H19NOS. The van der Waals surface area contributed by atoms with Crippen LogP contribution in [0.2, 0.25) is 0 Å². The van der Waals surface area contributed by atoms with Gasteiger partial charge in [0.1, 0.15) is 0 Å². The summed E-state index contributed by atoms with van der Waals surface area (Å²) in [6.07, 6.45) is 3.06. The van der Waals surface area contributed by atoms with E-state index in [1.54, 1.807) is 0 Å². The first-order valence-electron chi connectivity index (χ1n) is 5.31. The number of hydrogen-bond acceptors (Lipinski definition) is 3. The molecule has 2 atom stereocenters. The highest BCUT2D eigenvalue weighted by Crippen LogP contribution is 2.22. The third-order valence-electron chi connectivity index (χ3n) is 3.06. The summed E-state index contributed by atoms with van der Waals surface area (Å²) < 4.78 is 5.61. The van der Waals surface area contributed by atoms with Crippen molar-refractivity contribution >= 4 is 11.8 Å². The minimum Gasteiger partial charge on any atom is -0.377 e. The predicted molar refractivity (Wildman–Crippen MR) is 57.3 cm³/mol. The van der Waals surface area contributed by atoms with Crippen LogP contribution >= 0.6 is 11.8 Å². The van der Waals surface area contributed by atoms with Crippen molar-refractivity contribution in [1.82, 2.24) is 4.90 Å². The van der Waals surface area contributed by atoms with Gasteiger partial charge < -0.3 is 4.74 Å². The molecule has 13 heavy (non-hydrogen) atoms. The van der Waals surface area contributed by atoms with Crippen molar-refractivity contribution in [2.75, 3.05) is 31.2 Å². The highest BCUT2D eigenvalue weighted by atomic mass is 32.2. The monoisotopic (exact) mass is 201 g/mol. The maximum Gasteiger partial charge on any atom is 0.0703 e. The molecule has 3 heteroatoms. The summed E-state index contributed by atoms with van der Waals surface area (Å²) in [4.78, 5) is 2.64. The van der Waals surface area contributed by atoms with Crippen LogP contribution in [0, 0.1) is 0 Å². The second-order valence-electron chi connectivity index (χ2n) is 3.93.